The van der Waals surface area contributed by atoms with Gasteiger partial charge in [0.25, 0.3) is 0 Å². The van der Waals surface area contributed by atoms with Crippen molar-refractivity contribution >= 4 is 22.4 Å². The van der Waals surface area contributed by atoms with Crippen LogP contribution >= 0.6 is 11.3 Å². The second-order valence-corrected chi connectivity index (χ2v) is 4.75. The van der Waals surface area contributed by atoms with E-state index in [0.717, 1.165) is 17.8 Å². The molecule has 0 fully saturated rings. The lowest BCUT2D eigenvalue weighted by Gasteiger charge is -1.95. The minimum absolute atomic E-state index is 0.471. The van der Waals surface area contributed by atoms with Gasteiger partial charge in [-0.2, -0.15) is 0 Å². The van der Waals surface area contributed by atoms with Gasteiger partial charge in [0.2, 0.25) is 0 Å². The van der Waals surface area contributed by atoms with Crippen LogP contribution in [0.4, 0.5) is 9.80 Å². The van der Waals surface area contributed by atoms with Crippen molar-refractivity contribution in [2.24, 2.45) is 5.73 Å². The van der Waals surface area contributed by atoms with Gasteiger partial charge in [0.15, 0.2) is 0 Å². The molecule has 0 saturated carbocycles. The quantitative estimate of drug-likeness (QED) is 0.687. The van der Waals surface area contributed by atoms with E-state index in [1.54, 1.807) is 11.3 Å². The molecule has 14 heavy (non-hydrogen) atoms. The molecule has 2 amide bonds. The predicted octanol–water partition coefficient (Wildman–Crippen LogP) is 2.51. The summed E-state index contributed by atoms with van der Waals surface area (Å²) in [6.07, 6.45) is 6.15. The van der Waals surface area contributed by atoms with Crippen molar-refractivity contribution in [3.8, 4) is 0 Å². The molecule has 0 atom stereocenters. The Morgan fingerprint density at radius 1 is 1.36 bits per heavy atom. The number of carbonyl (C=O) groups is 1. The zero-order chi connectivity index (χ0) is 9.97. The van der Waals surface area contributed by atoms with Gasteiger partial charge < -0.3 is 5.73 Å². The number of thiophene rings is 1. The van der Waals surface area contributed by atoms with Crippen LogP contribution in [0.25, 0.3) is 0 Å². The van der Waals surface area contributed by atoms with Crippen LogP contribution in [0, 0.1) is 0 Å². The largest absolute Gasteiger partial charge is 0.351 e. The Morgan fingerprint density at radius 2 is 2.14 bits per heavy atom. The SMILES string of the molecule is NC(=O)Nc1cc2c(s1)CCCCC2. The number of nitrogens with two attached hydrogens (primary N) is 1. The number of primary amides is 1. The number of anilines is 1. The summed E-state index contributed by atoms with van der Waals surface area (Å²) in [6, 6.07) is 1.59. The summed E-state index contributed by atoms with van der Waals surface area (Å²) in [4.78, 5) is 12.1. The van der Waals surface area contributed by atoms with E-state index >= 15 is 0 Å². The van der Waals surface area contributed by atoms with Gasteiger partial charge in [0, 0.05) is 4.88 Å². The van der Waals surface area contributed by atoms with Gasteiger partial charge >= 0.3 is 6.03 Å². The molecule has 1 aliphatic rings. The van der Waals surface area contributed by atoms with Crippen LogP contribution in [0.5, 0.6) is 0 Å². The van der Waals surface area contributed by atoms with Crippen LogP contribution in [-0.2, 0) is 12.8 Å². The molecular formula is C10H14N2OS. The molecule has 3 nitrogen and oxygen atoms in total. The molecule has 0 aliphatic heterocycles. The Balaban J connectivity index is 2.18. The fourth-order valence-corrected chi connectivity index (χ4v) is 3.01. The van der Waals surface area contributed by atoms with E-state index in [4.69, 9.17) is 5.73 Å². The summed E-state index contributed by atoms with van der Waals surface area (Å²) in [6.45, 7) is 0. The van der Waals surface area contributed by atoms with E-state index in [-0.39, 0.29) is 0 Å². The number of amides is 2. The lowest BCUT2D eigenvalue weighted by Crippen LogP contribution is -2.18. The first-order chi connectivity index (χ1) is 6.75. The fraction of sp³-hybridized carbons (Fsp3) is 0.500. The zero-order valence-corrected chi connectivity index (χ0v) is 8.82. The van der Waals surface area contributed by atoms with Crippen LogP contribution in [-0.4, -0.2) is 6.03 Å². The van der Waals surface area contributed by atoms with E-state index in [2.05, 4.69) is 11.4 Å². The predicted molar refractivity (Wildman–Crippen MR) is 58.8 cm³/mol. The summed E-state index contributed by atoms with van der Waals surface area (Å²) in [7, 11) is 0. The monoisotopic (exact) mass is 210 g/mol. The smallest absolute Gasteiger partial charge is 0.317 e. The van der Waals surface area contributed by atoms with Gasteiger partial charge in [-0.05, 0) is 37.3 Å². The number of nitrogens with one attached hydrogen (secondary N) is 1. The fourth-order valence-electron chi connectivity index (χ4n) is 1.85. The molecule has 0 aromatic carbocycles. The minimum atomic E-state index is -0.471. The van der Waals surface area contributed by atoms with Crippen LogP contribution in [0.1, 0.15) is 29.7 Å². The second kappa shape index (κ2) is 4.00. The summed E-state index contributed by atoms with van der Waals surface area (Å²) in [5, 5.41) is 3.53. The first-order valence-corrected chi connectivity index (χ1v) is 5.75. The molecule has 3 N–H and O–H groups in total. The minimum Gasteiger partial charge on any atom is -0.351 e. The summed E-state index contributed by atoms with van der Waals surface area (Å²) in [5.74, 6) is 0. The standard InChI is InChI=1S/C10H14N2OS/c11-10(13)12-9-6-7-4-2-1-3-5-8(7)14-9/h6H,1-5H2,(H3,11,12,13). The average Bonchev–Trinajstić information content (AvgIpc) is 2.34. The molecule has 0 saturated heterocycles. The third-order valence-corrected chi connectivity index (χ3v) is 3.65. The van der Waals surface area contributed by atoms with Crippen molar-refractivity contribution in [1.82, 2.24) is 0 Å². The van der Waals surface area contributed by atoms with Crippen LogP contribution in [0.2, 0.25) is 0 Å². The first-order valence-electron chi connectivity index (χ1n) is 4.94. The Morgan fingerprint density at radius 3 is 2.93 bits per heavy atom. The van der Waals surface area contributed by atoms with Crippen molar-refractivity contribution in [1.29, 1.82) is 0 Å². The van der Waals surface area contributed by atoms with Crippen molar-refractivity contribution in [2.75, 3.05) is 5.32 Å². The van der Waals surface area contributed by atoms with E-state index < -0.39 is 6.03 Å². The number of aryl methyl sites for hydroxylation is 2. The Bertz CT molecular complexity index is 322. The Kier molecular flexibility index (Phi) is 2.72. The highest BCUT2D eigenvalue weighted by Gasteiger charge is 2.12. The first kappa shape index (κ1) is 9.52. The van der Waals surface area contributed by atoms with Gasteiger partial charge in [-0.3, -0.25) is 5.32 Å². The number of rotatable bonds is 1. The summed E-state index contributed by atoms with van der Waals surface area (Å²) < 4.78 is 0. The molecule has 1 aromatic heterocycles. The topological polar surface area (TPSA) is 55.1 Å². The number of carbonyl (C=O) groups excluding carboxylic acids is 1. The van der Waals surface area contributed by atoms with Gasteiger partial charge in [0.1, 0.15) is 0 Å². The van der Waals surface area contributed by atoms with Gasteiger partial charge in [-0.25, -0.2) is 4.79 Å². The third-order valence-electron chi connectivity index (χ3n) is 2.49. The van der Waals surface area contributed by atoms with E-state index in [9.17, 15) is 4.79 Å². The van der Waals surface area contributed by atoms with Crippen molar-refractivity contribution in [3.63, 3.8) is 0 Å². The van der Waals surface area contributed by atoms with Gasteiger partial charge in [-0.15, -0.1) is 11.3 Å². The van der Waals surface area contributed by atoms with E-state index in [0.29, 0.717) is 0 Å². The molecule has 2 rings (SSSR count). The van der Waals surface area contributed by atoms with Crippen LogP contribution in [0.3, 0.4) is 0 Å². The van der Waals surface area contributed by atoms with Crippen molar-refractivity contribution in [2.45, 2.75) is 32.1 Å². The average molecular weight is 210 g/mol. The summed E-state index contributed by atoms with van der Waals surface area (Å²) in [5.41, 5.74) is 6.47. The van der Waals surface area contributed by atoms with Crippen LogP contribution < -0.4 is 11.1 Å². The second-order valence-electron chi connectivity index (χ2n) is 3.61. The normalized spacial score (nSPS) is 15.7. The molecule has 1 aliphatic carbocycles. The van der Waals surface area contributed by atoms with Crippen molar-refractivity contribution < 1.29 is 4.79 Å². The Labute approximate surface area is 87.3 Å². The molecule has 0 unspecified atom stereocenters. The molecule has 76 valence electrons. The summed E-state index contributed by atoms with van der Waals surface area (Å²) >= 11 is 1.67. The molecular weight excluding hydrogens is 196 g/mol. The highest BCUT2D eigenvalue weighted by Crippen LogP contribution is 2.31. The number of fused-ring (bicyclic) bond motifs is 1. The van der Waals surface area contributed by atoms with Gasteiger partial charge in [0.05, 0.1) is 5.00 Å². The number of urea groups is 1. The third kappa shape index (κ3) is 2.07. The molecule has 0 radical (unpaired) electrons. The Hall–Kier alpha value is -1.03. The molecule has 0 bridgehead atoms. The molecule has 1 heterocycles. The zero-order valence-electron chi connectivity index (χ0n) is 8.01. The highest BCUT2D eigenvalue weighted by molar-refractivity contribution is 7.16. The lowest BCUT2D eigenvalue weighted by molar-refractivity contribution is 0.259. The number of hydrogen-bond acceptors (Lipinski definition) is 2. The molecule has 1 aromatic rings. The van der Waals surface area contributed by atoms with Gasteiger partial charge in [-0.1, -0.05) is 6.42 Å². The van der Waals surface area contributed by atoms with Crippen LogP contribution in [0.15, 0.2) is 6.07 Å². The molecule has 0 spiro atoms. The lowest BCUT2D eigenvalue weighted by atomic mass is 10.1. The maximum Gasteiger partial charge on any atom is 0.317 e. The maximum absolute atomic E-state index is 10.7. The number of hydrogen-bond donors (Lipinski definition) is 2. The maximum atomic E-state index is 10.7. The van der Waals surface area contributed by atoms with Crippen molar-refractivity contribution in [3.05, 3.63) is 16.5 Å². The molecule has 4 heteroatoms. The van der Waals surface area contributed by atoms with E-state index in [1.807, 2.05) is 0 Å². The highest BCUT2D eigenvalue weighted by atomic mass is 32.1. The van der Waals surface area contributed by atoms with E-state index in [1.165, 1.54) is 29.7 Å².